The second kappa shape index (κ2) is 7.94. The highest BCUT2D eigenvalue weighted by atomic mass is 16.5. The fourth-order valence-corrected chi connectivity index (χ4v) is 3.85. The van der Waals surface area contributed by atoms with Gasteiger partial charge >= 0.3 is 0 Å². The molecule has 1 aromatic carbocycles. The van der Waals surface area contributed by atoms with Crippen LogP contribution in [0.5, 0.6) is 5.75 Å². The molecule has 4 rings (SSSR count). The Hall–Kier alpha value is -2.99. The van der Waals surface area contributed by atoms with Crippen LogP contribution in [0.15, 0.2) is 53.5 Å². The molecule has 0 radical (unpaired) electrons. The van der Waals surface area contributed by atoms with Gasteiger partial charge in [0, 0.05) is 24.4 Å². The second-order valence-electron chi connectivity index (χ2n) is 7.17. The van der Waals surface area contributed by atoms with Crippen molar-refractivity contribution < 1.29 is 4.74 Å². The van der Waals surface area contributed by atoms with Crippen molar-refractivity contribution in [1.82, 2.24) is 19.9 Å². The Morgan fingerprint density at radius 3 is 2.89 bits per heavy atom. The molecule has 2 aromatic heterocycles. The minimum atomic E-state index is -0.148. The average molecular weight is 376 g/mol. The van der Waals surface area contributed by atoms with Gasteiger partial charge in [-0.15, -0.1) is 0 Å². The number of pyridine rings is 1. The van der Waals surface area contributed by atoms with Crippen LogP contribution in [0.2, 0.25) is 0 Å². The zero-order chi connectivity index (χ0) is 19.5. The number of rotatable bonds is 5. The number of hydrogen-bond donors (Lipinski definition) is 1. The SMILES string of the molecule is COc1ccc(C)cc1CN1CCC[C@@H]1c1nc(-c2ccccn2)cc(=O)[nH]1. The molecule has 144 valence electrons. The van der Waals surface area contributed by atoms with Gasteiger partial charge in [0.2, 0.25) is 0 Å². The number of methoxy groups -OCH3 is 1. The molecule has 1 N–H and O–H groups in total. The normalized spacial score (nSPS) is 17.0. The summed E-state index contributed by atoms with van der Waals surface area (Å²) in [4.78, 5) is 26.7. The number of likely N-dealkylation sites (tertiary alicyclic amines) is 1. The molecule has 1 aliphatic rings. The third kappa shape index (κ3) is 3.82. The van der Waals surface area contributed by atoms with Crippen molar-refractivity contribution in [3.63, 3.8) is 0 Å². The summed E-state index contributed by atoms with van der Waals surface area (Å²) in [5, 5.41) is 0. The molecule has 0 amide bonds. The summed E-state index contributed by atoms with van der Waals surface area (Å²) >= 11 is 0. The number of hydrogen-bond acceptors (Lipinski definition) is 5. The maximum absolute atomic E-state index is 12.3. The van der Waals surface area contributed by atoms with Crippen LogP contribution in [0, 0.1) is 6.92 Å². The van der Waals surface area contributed by atoms with Crippen molar-refractivity contribution in [3.05, 3.63) is 76.0 Å². The molecule has 6 heteroatoms. The van der Waals surface area contributed by atoms with E-state index in [1.807, 2.05) is 24.3 Å². The first kappa shape index (κ1) is 18.4. The summed E-state index contributed by atoms with van der Waals surface area (Å²) in [6.07, 6.45) is 3.74. The molecule has 0 aliphatic carbocycles. The van der Waals surface area contributed by atoms with Gasteiger partial charge in [0.05, 0.1) is 24.5 Å². The van der Waals surface area contributed by atoms with Crippen molar-refractivity contribution in [1.29, 1.82) is 0 Å². The van der Waals surface area contributed by atoms with Gasteiger partial charge in [0.1, 0.15) is 11.6 Å². The highest BCUT2D eigenvalue weighted by molar-refractivity contribution is 5.52. The smallest absolute Gasteiger partial charge is 0.251 e. The molecule has 1 fully saturated rings. The molecule has 1 saturated heterocycles. The lowest BCUT2D eigenvalue weighted by atomic mass is 10.1. The second-order valence-corrected chi connectivity index (χ2v) is 7.17. The predicted octanol–water partition coefficient (Wildman–Crippen LogP) is 3.49. The molecule has 3 aromatic rings. The monoisotopic (exact) mass is 376 g/mol. The van der Waals surface area contributed by atoms with Gasteiger partial charge < -0.3 is 9.72 Å². The van der Waals surface area contributed by atoms with Crippen LogP contribution in [-0.4, -0.2) is 33.5 Å². The summed E-state index contributed by atoms with van der Waals surface area (Å²) in [7, 11) is 1.70. The molecule has 1 aliphatic heterocycles. The maximum atomic E-state index is 12.3. The van der Waals surface area contributed by atoms with Crippen LogP contribution < -0.4 is 10.3 Å². The van der Waals surface area contributed by atoms with Gasteiger partial charge in [-0.05, 0) is 44.5 Å². The minimum absolute atomic E-state index is 0.0709. The van der Waals surface area contributed by atoms with E-state index in [1.165, 1.54) is 11.6 Å². The van der Waals surface area contributed by atoms with E-state index in [9.17, 15) is 4.79 Å². The summed E-state index contributed by atoms with van der Waals surface area (Å²) in [6, 6.07) is 13.4. The third-order valence-electron chi connectivity index (χ3n) is 5.18. The molecule has 28 heavy (non-hydrogen) atoms. The van der Waals surface area contributed by atoms with E-state index >= 15 is 0 Å². The highest BCUT2D eigenvalue weighted by Crippen LogP contribution is 2.33. The van der Waals surface area contributed by atoms with Gasteiger partial charge in [0.15, 0.2) is 0 Å². The standard InChI is InChI=1S/C22H24N4O2/c1-15-8-9-20(28-2)16(12-15)14-26-11-5-7-19(26)22-24-18(13-21(27)25-22)17-6-3-4-10-23-17/h3-4,6,8-10,12-13,19H,5,7,11,14H2,1-2H3,(H,24,25,27)/t19-/m1/s1. The molecule has 1 atom stereocenters. The lowest BCUT2D eigenvalue weighted by Crippen LogP contribution is -2.26. The number of aromatic nitrogens is 3. The van der Waals surface area contributed by atoms with Crippen molar-refractivity contribution in [2.45, 2.75) is 32.4 Å². The Morgan fingerprint density at radius 2 is 2.11 bits per heavy atom. The Bertz CT molecular complexity index is 1020. The van der Waals surface area contributed by atoms with E-state index < -0.39 is 0 Å². The summed E-state index contributed by atoms with van der Waals surface area (Å²) in [5.74, 6) is 1.59. The zero-order valence-corrected chi connectivity index (χ0v) is 16.2. The Morgan fingerprint density at radius 1 is 1.21 bits per heavy atom. The first-order valence-electron chi connectivity index (χ1n) is 9.54. The third-order valence-corrected chi connectivity index (χ3v) is 5.18. The summed E-state index contributed by atoms with van der Waals surface area (Å²) in [5.41, 5.74) is 3.53. The number of nitrogens with one attached hydrogen (secondary N) is 1. The number of aromatic amines is 1. The summed E-state index contributed by atoms with van der Waals surface area (Å²) < 4.78 is 5.54. The van der Waals surface area contributed by atoms with Crippen LogP contribution in [0.3, 0.4) is 0 Å². The lowest BCUT2D eigenvalue weighted by Gasteiger charge is -2.25. The van der Waals surface area contributed by atoms with Crippen molar-refractivity contribution in [3.8, 4) is 17.1 Å². The topological polar surface area (TPSA) is 71.1 Å². The fourth-order valence-electron chi connectivity index (χ4n) is 3.85. The van der Waals surface area contributed by atoms with Gasteiger partial charge in [-0.1, -0.05) is 23.8 Å². The fraction of sp³-hybridized carbons (Fsp3) is 0.318. The lowest BCUT2D eigenvalue weighted by molar-refractivity contribution is 0.236. The molecular weight excluding hydrogens is 352 g/mol. The van der Waals surface area contributed by atoms with Gasteiger partial charge in [0.25, 0.3) is 5.56 Å². The van der Waals surface area contributed by atoms with Crippen molar-refractivity contribution >= 4 is 0 Å². The number of benzene rings is 1. The first-order valence-corrected chi connectivity index (χ1v) is 9.54. The molecule has 0 spiro atoms. The molecule has 6 nitrogen and oxygen atoms in total. The van der Waals surface area contributed by atoms with Crippen LogP contribution in [0.25, 0.3) is 11.4 Å². The molecule has 3 heterocycles. The van der Waals surface area contributed by atoms with Gasteiger partial charge in [-0.25, -0.2) is 4.98 Å². The number of H-pyrrole nitrogens is 1. The quantitative estimate of drug-likeness (QED) is 0.738. The van der Waals surface area contributed by atoms with Gasteiger partial charge in [-0.2, -0.15) is 0 Å². The molecule has 0 unspecified atom stereocenters. The molecule has 0 saturated carbocycles. The average Bonchev–Trinajstić information content (AvgIpc) is 3.16. The zero-order valence-electron chi connectivity index (χ0n) is 16.2. The summed E-state index contributed by atoms with van der Waals surface area (Å²) in [6.45, 7) is 3.80. The van der Waals surface area contributed by atoms with E-state index in [-0.39, 0.29) is 11.6 Å². The molecule has 0 bridgehead atoms. The van der Waals surface area contributed by atoms with E-state index in [2.05, 4.69) is 33.9 Å². The highest BCUT2D eigenvalue weighted by Gasteiger charge is 2.29. The Balaban J connectivity index is 1.65. The van der Waals surface area contributed by atoms with Crippen LogP contribution in [0.4, 0.5) is 0 Å². The number of ether oxygens (including phenoxy) is 1. The van der Waals surface area contributed by atoms with Gasteiger partial charge in [-0.3, -0.25) is 14.7 Å². The minimum Gasteiger partial charge on any atom is -0.496 e. The van der Waals surface area contributed by atoms with Crippen LogP contribution >= 0.6 is 0 Å². The van der Waals surface area contributed by atoms with Crippen molar-refractivity contribution in [2.75, 3.05) is 13.7 Å². The van der Waals surface area contributed by atoms with Crippen LogP contribution in [0.1, 0.15) is 35.8 Å². The maximum Gasteiger partial charge on any atom is 0.251 e. The van der Waals surface area contributed by atoms with E-state index in [0.29, 0.717) is 17.2 Å². The van der Waals surface area contributed by atoms with E-state index in [1.54, 1.807) is 13.3 Å². The molecular formula is C22H24N4O2. The first-order chi connectivity index (χ1) is 13.6. The number of nitrogens with zero attached hydrogens (tertiary/aromatic N) is 3. The van der Waals surface area contributed by atoms with Crippen LogP contribution in [-0.2, 0) is 6.54 Å². The van der Waals surface area contributed by atoms with E-state index in [0.717, 1.165) is 37.2 Å². The van der Waals surface area contributed by atoms with Crippen molar-refractivity contribution in [2.24, 2.45) is 0 Å². The largest absolute Gasteiger partial charge is 0.496 e. The Labute approximate surface area is 164 Å². The van der Waals surface area contributed by atoms with E-state index in [4.69, 9.17) is 9.72 Å². The predicted molar refractivity (Wildman–Crippen MR) is 108 cm³/mol. The number of aryl methyl sites for hydroxylation is 1. The Kier molecular flexibility index (Phi) is 5.21.